The molecular formula is C55H64OP2. The maximum atomic E-state index is 6.71. The van der Waals surface area contributed by atoms with Crippen LogP contribution in [0.25, 0.3) is 0 Å². The van der Waals surface area contributed by atoms with E-state index in [0.717, 1.165) is 6.61 Å². The van der Waals surface area contributed by atoms with Crippen molar-refractivity contribution in [2.75, 3.05) is 18.9 Å². The molecule has 1 nitrogen and oxygen atoms in total. The minimum atomic E-state index is -0.540. The van der Waals surface area contributed by atoms with Crippen LogP contribution < -0.4 is 21.2 Å². The van der Waals surface area contributed by atoms with Gasteiger partial charge in [0.25, 0.3) is 0 Å². The van der Waals surface area contributed by atoms with Crippen molar-refractivity contribution >= 4 is 37.1 Å². The van der Waals surface area contributed by atoms with Crippen molar-refractivity contribution in [2.24, 2.45) is 51.8 Å². The van der Waals surface area contributed by atoms with Crippen molar-refractivity contribution in [1.82, 2.24) is 0 Å². The molecule has 8 atom stereocenters. The van der Waals surface area contributed by atoms with Crippen LogP contribution in [0.4, 0.5) is 0 Å². The Labute approximate surface area is 352 Å². The lowest BCUT2D eigenvalue weighted by atomic mass is 9.35. The number of benzene rings is 5. The number of hydrogen-bond donors (Lipinski definition) is 0. The highest BCUT2D eigenvalue weighted by Crippen LogP contribution is 2.75. The molecule has 300 valence electrons. The van der Waals surface area contributed by atoms with Gasteiger partial charge >= 0.3 is 0 Å². The summed E-state index contributed by atoms with van der Waals surface area (Å²) in [4.78, 5) is 0. The largest absolute Gasteiger partial charge is 0.376 e. The smallest absolute Gasteiger partial charge is 0.0717 e. The minimum Gasteiger partial charge on any atom is -0.376 e. The summed E-state index contributed by atoms with van der Waals surface area (Å²) in [6, 6.07) is 57.4. The second-order valence-electron chi connectivity index (χ2n) is 19.2. The maximum absolute atomic E-state index is 6.71. The Kier molecular flexibility index (Phi) is 11.7. The third kappa shape index (κ3) is 7.53. The molecule has 2 bridgehead atoms. The minimum absolute atomic E-state index is 0.200. The lowest BCUT2D eigenvalue weighted by molar-refractivity contribution is -0.188. The number of hydrogen-bond acceptors (Lipinski definition) is 1. The van der Waals surface area contributed by atoms with Crippen LogP contribution in [0, 0.1) is 51.8 Å². The lowest BCUT2D eigenvalue weighted by Crippen LogP contribution is -2.65. The normalized spacial score (nSPS) is 30.3. The van der Waals surface area contributed by atoms with Gasteiger partial charge in [0.1, 0.15) is 0 Å². The van der Waals surface area contributed by atoms with Crippen LogP contribution in [0.15, 0.2) is 163 Å². The molecule has 0 saturated heterocycles. The Balaban J connectivity index is 1.15. The van der Waals surface area contributed by atoms with E-state index < -0.39 is 15.8 Å². The summed E-state index contributed by atoms with van der Waals surface area (Å²) in [6.45, 7) is 12.0. The first-order chi connectivity index (χ1) is 28.3. The molecule has 0 aliphatic heterocycles. The molecule has 0 unspecified atom stereocenters. The van der Waals surface area contributed by atoms with Gasteiger partial charge in [0, 0.05) is 0 Å². The van der Waals surface area contributed by atoms with E-state index in [9.17, 15) is 0 Å². The van der Waals surface area contributed by atoms with Crippen LogP contribution in [-0.2, 0) is 11.3 Å². The highest BCUT2D eigenvalue weighted by molar-refractivity contribution is 7.73. The summed E-state index contributed by atoms with van der Waals surface area (Å²) in [5, 5.41) is 6.16. The standard InChI is InChI=1S/C55H64OP2/c1-41(2)48-36-55-34-31-51-53(3,40-56-37-42-21-10-5-11-22-42)32-20-33-54(51,4)52(55)35-47(48)49(38-57(43-23-12-6-13-24-43)44-25-14-7-15-26-44)50(55)39-58(45-27-16-8-17-28-45)46-29-18-9-19-30-46/h5-19,21-30,36,41,47,49-52H,20,31-35,37-40H2,1-4H3/t47-,49-,50+,51-,52+,53-,54-,55+/m0/s1. The molecular weight excluding hydrogens is 739 g/mol. The van der Waals surface area contributed by atoms with Crippen LogP contribution in [0.3, 0.4) is 0 Å². The fourth-order valence-electron chi connectivity index (χ4n) is 13.3. The monoisotopic (exact) mass is 802 g/mol. The molecule has 3 saturated carbocycles. The van der Waals surface area contributed by atoms with Crippen LogP contribution in [0.5, 0.6) is 0 Å². The number of rotatable bonds is 13. The van der Waals surface area contributed by atoms with E-state index in [1.54, 1.807) is 16.2 Å². The topological polar surface area (TPSA) is 9.23 Å². The second-order valence-corrected chi connectivity index (χ2v) is 23.7. The molecule has 5 aromatic carbocycles. The molecule has 0 heterocycles. The van der Waals surface area contributed by atoms with E-state index in [-0.39, 0.29) is 10.8 Å². The molecule has 3 heteroatoms. The Morgan fingerprint density at radius 2 is 1.10 bits per heavy atom. The fourth-order valence-corrected chi connectivity index (χ4v) is 18.8. The van der Waals surface area contributed by atoms with Gasteiger partial charge in [-0.05, 0) is 139 Å². The molecule has 0 aromatic heterocycles. The van der Waals surface area contributed by atoms with Gasteiger partial charge in [0.2, 0.25) is 0 Å². The van der Waals surface area contributed by atoms with E-state index in [1.165, 1.54) is 67.0 Å². The fraction of sp³-hybridized carbons (Fsp3) is 0.418. The molecule has 3 fully saturated rings. The first-order valence-electron chi connectivity index (χ1n) is 22.4. The van der Waals surface area contributed by atoms with Gasteiger partial charge in [-0.2, -0.15) is 0 Å². The third-order valence-corrected chi connectivity index (χ3v) is 21.0. The molecule has 58 heavy (non-hydrogen) atoms. The average molecular weight is 803 g/mol. The molecule has 10 rings (SSSR count). The summed E-state index contributed by atoms with van der Waals surface area (Å²) in [6.07, 6.45) is 13.5. The lowest BCUT2D eigenvalue weighted by Gasteiger charge is -2.71. The van der Waals surface area contributed by atoms with Crippen LogP contribution in [0.2, 0.25) is 0 Å². The zero-order chi connectivity index (χ0) is 39.7. The summed E-state index contributed by atoms with van der Waals surface area (Å²) in [7, 11) is -1.06. The van der Waals surface area contributed by atoms with Gasteiger partial charge in [0.05, 0.1) is 13.2 Å². The number of allylic oxidation sites excluding steroid dienone is 2. The Morgan fingerprint density at radius 3 is 1.62 bits per heavy atom. The van der Waals surface area contributed by atoms with E-state index in [0.29, 0.717) is 47.5 Å². The molecule has 5 aliphatic rings. The van der Waals surface area contributed by atoms with E-state index in [1.807, 2.05) is 0 Å². The van der Waals surface area contributed by atoms with Crippen LogP contribution in [0.1, 0.15) is 71.8 Å². The van der Waals surface area contributed by atoms with Gasteiger partial charge in [-0.15, -0.1) is 0 Å². The van der Waals surface area contributed by atoms with E-state index in [2.05, 4.69) is 185 Å². The van der Waals surface area contributed by atoms with Gasteiger partial charge in [-0.25, -0.2) is 0 Å². The molecule has 5 aromatic rings. The van der Waals surface area contributed by atoms with Gasteiger partial charge in [-0.1, -0.05) is 197 Å². The average Bonchev–Trinajstić information content (AvgIpc) is 3.26. The first kappa shape index (κ1) is 40.1. The molecule has 1 spiro atoms. The summed E-state index contributed by atoms with van der Waals surface area (Å²) in [5.41, 5.74) is 3.79. The molecule has 0 radical (unpaired) electrons. The van der Waals surface area contributed by atoms with Gasteiger partial charge in [-0.3, -0.25) is 0 Å². The van der Waals surface area contributed by atoms with E-state index in [4.69, 9.17) is 4.74 Å². The summed E-state index contributed by atoms with van der Waals surface area (Å²) < 4.78 is 6.71. The van der Waals surface area contributed by atoms with Crippen LogP contribution in [-0.4, -0.2) is 18.9 Å². The number of ether oxygens (including phenoxy) is 1. The summed E-state index contributed by atoms with van der Waals surface area (Å²) >= 11 is 0. The van der Waals surface area contributed by atoms with Crippen molar-refractivity contribution in [1.29, 1.82) is 0 Å². The van der Waals surface area contributed by atoms with Crippen molar-refractivity contribution in [3.05, 3.63) is 169 Å². The second kappa shape index (κ2) is 17.0. The molecule has 5 aliphatic carbocycles. The van der Waals surface area contributed by atoms with Gasteiger partial charge < -0.3 is 4.74 Å². The van der Waals surface area contributed by atoms with Crippen molar-refractivity contribution in [3.63, 3.8) is 0 Å². The van der Waals surface area contributed by atoms with Crippen molar-refractivity contribution < 1.29 is 4.74 Å². The zero-order valence-corrected chi connectivity index (χ0v) is 37.1. The summed E-state index contributed by atoms with van der Waals surface area (Å²) in [5.74, 6) is 3.85. The highest BCUT2D eigenvalue weighted by atomic mass is 31.1. The molecule has 0 amide bonds. The number of fused-ring (bicyclic) bond motifs is 2. The predicted octanol–water partition coefficient (Wildman–Crippen LogP) is 12.5. The van der Waals surface area contributed by atoms with E-state index >= 15 is 0 Å². The quantitative estimate of drug-likeness (QED) is 0.0851. The third-order valence-electron chi connectivity index (χ3n) is 15.7. The zero-order valence-electron chi connectivity index (χ0n) is 35.3. The van der Waals surface area contributed by atoms with Crippen LogP contribution >= 0.6 is 15.8 Å². The highest BCUT2D eigenvalue weighted by Gasteiger charge is 2.67. The maximum Gasteiger partial charge on any atom is 0.0717 e. The predicted molar refractivity (Wildman–Crippen MR) is 251 cm³/mol. The van der Waals surface area contributed by atoms with Crippen molar-refractivity contribution in [2.45, 2.75) is 72.8 Å². The Morgan fingerprint density at radius 1 is 0.603 bits per heavy atom. The molecule has 0 N–H and O–H groups in total. The Hall–Kier alpha value is -3.34. The van der Waals surface area contributed by atoms with Crippen molar-refractivity contribution in [3.8, 4) is 0 Å². The Bertz CT molecular complexity index is 2040. The van der Waals surface area contributed by atoms with Gasteiger partial charge in [0.15, 0.2) is 0 Å². The first-order valence-corrected chi connectivity index (χ1v) is 25.4. The SMILES string of the molecule is CC(C)C1=C[C@@]23CC[C@H]4[C@](C)(COCc5ccccc5)CCC[C@]4(C)[C@H]2C[C@@H]1[C@H](CP(c1ccccc1)c1ccccc1)[C@H]3CP(c1ccccc1)c1ccccc1.